The molecule has 8 heteroatoms. The van der Waals surface area contributed by atoms with Crippen LogP contribution in [-0.2, 0) is 0 Å². The lowest BCUT2D eigenvalue weighted by Crippen LogP contribution is -2.37. The predicted octanol–water partition coefficient (Wildman–Crippen LogP) is 1.44. The Morgan fingerprint density at radius 1 is 0.962 bits per heavy atom. The molecule has 26 heavy (non-hydrogen) atoms. The number of H-pyrrole nitrogens is 2. The Morgan fingerprint density at radius 2 is 1.69 bits per heavy atom. The van der Waals surface area contributed by atoms with Gasteiger partial charge in [-0.25, -0.2) is 4.79 Å². The molecule has 0 unspecified atom stereocenters. The van der Waals surface area contributed by atoms with E-state index < -0.39 is 5.76 Å². The molecule has 3 heterocycles. The zero-order valence-electron chi connectivity index (χ0n) is 14.0. The first-order valence-electron chi connectivity index (χ1n) is 8.46. The lowest BCUT2D eigenvalue weighted by molar-refractivity contribution is 0.0719. The van der Waals surface area contributed by atoms with Crippen LogP contribution in [0.15, 0.2) is 45.9 Å². The molecule has 1 aliphatic heterocycles. The van der Waals surface area contributed by atoms with Crippen LogP contribution in [0.1, 0.15) is 27.1 Å². The first-order chi connectivity index (χ1) is 12.6. The fraction of sp³-hybridized carbons (Fsp3) is 0.278. The van der Waals surface area contributed by atoms with Gasteiger partial charge in [-0.15, -0.1) is 0 Å². The van der Waals surface area contributed by atoms with Crippen molar-refractivity contribution in [3.63, 3.8) is 0 Å². The van der Waals surface area contributed by atoms with Crippen molar-refractivity contribution in [2.24, 2.45) is 0 Å². The average molecular weight is 354 g/mol. The Hall–Kier alpha value is -3.29. The zero-order valence-corrected chi connectivity index (χ0v) is 14.0. The highest BCUT2D eigenvalue weighted by Crippen LogP contribution is 2.16. The minimum atomic E-state index is -0.543. The number of aromatic nitrogens is 2. The normalized spacial score (nSPS) is 15.2. The molecular formula is C18H18N4O4. The standard InChI is InChI=1S/C18H18N4O4/c23-16(12-2-3-14-15(10-12)26-18(25)20-14)21-6-1-7-22(9-8-21)17(24)13-4-5-19-11-13/h2-5,10-11,19H,1,6-9H2,(H,20,25). The fourth-order valence-corrected chi connectivity index (χ4v) is 3.22. The van der Waals surface area contributed by atoms with Crippen LogP contribution in [0.3, 0.4) is 0 Å². The number of nitrogens with one attached hydrogen (secondary N) is 2. The summed E-state index contributed by atoms with van der Waals surface area (Å²) in [4.78, 5) is 45.5. The summed E-state index contributed by atoms with van der Waals surface area (Å²) in [6.07, 6.45) is 4.11. The van der Waals surface area contributed by atoms with Crippen molar-refractivity contribution in [2.45, 2.75) is 6.42 Å². The molecule has 0 bridgehead atoms. The van der Waals surface area contributed by atoms with Gasteiger partial charge in [0.2, 0.25) is 0 Å². The van der Waals surface area contributed by atoms with E-state index in [1.165, 1.54) is 0 Å². The summed E-state index contributed by atoms with van der Waals surface area (Å²) in [6, 6.07) is 6.65. The average Bonchev–Trinajstić information content (AvgIpc) is 3.23. The van der Waals surface area contributed by atoms with E-state index in [0.717, 1.165) is 0 Å². The van der Waals surface area contributed by atoms with Crippen molar-refractivity contribution in [1.29, 1.82) is 0 Å². The Kier molecular flexibility index (Phi) is 4.08. The van der Waals surface area contributed by atoms with Gasteiger partial charge in [-0.05, 0) is 30.7 Å². The summed E-state index contributed by atoms with van der Waals surface area (Å²) in [5.74, 6) is -0.707. The fourth-order valence-electron chi connectivity index (χ4n) is 3.22. The maximum atomic E-state index is 12.8. The molecule has 1 saturated heterocycles. The number of rotatable bonds is 2. The van der Waals surface area contributed by atoms with Gasteiger partial charge in [-0.3, -0.25) is 14.6 Å². The van der Waals surface area contributed by atoms with Crippen LogP contribution >= 0.6 is 0 Å². The molecule has 8 nitrogen and oxygen atoms in total. The molecule has 0 radical (unpaired) electrons. The monoisotopic (exact) mass is 354 g/mol. The number of benzene rings is 1. The third-order valence-corrected chi connectivity index (χ3v) is 4.58. The molecule has 3 aromatic rings. The number of oxazole rings is 1. The van der Waals surface area contributed by atoms with Crippen LogP contribution in [-0.4, -0.2) is 57.8 Å². The molecule has 1 fully saturated rings. The number of hydrogen-bond donors (Lipinski definition) is 2. The molecule has 2 amide bonds. The second-order valence-corrected chi connectivity index (χ2v) is 6.26. The van der Waals surface area contributed by atoms with Crippen molar-refractivity contribution in [1.82, 2.24) is 19.8 Å². The molecule has 0 atom stereocenters. The molecule has 0 aliphatic carbocycles. The first-order valence-corrected chi connectivity index (χ1v) is 8.46. The van der Waals surface area contributed by atoms with E-state index in [0.29, 0.717) is 54.8 Å². The van der Waals surface area contributed by atoms with Gasteiger partial charge < -0.3 is 19.2 Å². The van der Waals surface area contributed by atoms with E-state index in [1.807, 2.05) is 0 Å². The first kappa shape index (κ1) is 16.2. The van der Waals surface area contributed by atoms with Crippen LogP contribution in [0, 0.1) is 0 Å². The number of aromatic amines is 2. The molecule has 1 aliphatic rings. The van der Waals surface area contributed by atoms with Crippen LogP contribution in [0.2, 0.25) is 0 Å². The van der Waals surface area contributed by atoms with E-state index in [4.69, 9.17) is 4.42 Å². The van der Waals surface area contributed by atoms with E-state index in [-0.39, 0.29) is 11.8 Å². The number of nitrogens with zero attached hydrogens (tertiary/aromatic N) is 2. The molecule has 0 saturated carbocycles. The second kappa shape index (κ2) is 6.55. The summed E-state index contributed by atoms with van der Waals surface area (Å²) < 4.78 is 5.02. The summed E-state index contributed by atoms with van der Waals surface area (Å²) in [6.45, 7) is 2.13. The second-order valence-electron chi connectivity index (χ2n) is 6.26. The van der Waals surface area contributed by atoms with E-state index in [9.17, 15) is 14.4 Å². The van der Waals surface area contributed by atoms with Crippen molar-refractivity contribution >= 4 is 22.9 Å². The predicted molar refractivity (Wildman–Crippen MR) is 94.1 cm³/mol. The SMILES string of the molecule is O=C(c1cc[nH]c1)N1CCCN(C(=O)c2ccc3[nH]c(=O)oc3c2)CC1. The molecule has 2 N–H and O–H groups in total. The quantitative estimate of drug-likeness (QED) is 0.727. The molecule has 4 rings (SSSR count). The van der Waals surface area contributed by atoms with Crippen molar-refractivity contribution in [3.8, 4) is 0 Å². The van der Waals surface area contributed by atoms with E-state index >= 15 is 0 Å². The number of amides is 2. The molecule has 0 spiro atoms. The molecular weight excluding hydrogens is 336 g/mol. The van der Waals surface area contributed by atoms with Gasteiger partial charge in [-0.2, -0.15) is 0 Å². The van der Waals surface area contributed by atoms with Crippen LogP contribution in [0.4, 0.5) is 0 Å². The van der Waals surface area contributed by atoms with Crippen LogP contribution < -0.4 is 5.76 Å². The van der Waals surface area contributed by atoms with Gasteiger partial charge in [-0.1, -0.05) is 0 Å². The summed E-state index contributed by atoms with van der Waals surface area (Å²) in [5, 5.41) is 0. The van der Waals surface area contributed by atoms with Crippen molar-refractivity contribution in [3.05, 3.63) is 58.3 Å². The third-order valence-electron chi connectivity index (χ3n) is 4.58. The Morgan fingerprint density at radius 3 is 2.38 bits per heavy atom. The molecule has 1 aromatic carbocycles. The number of carbonyl (C=O) groups is 2. The lowest BCUT2D eigenvalue weighted by Gasteiger charge is -2.22. The van der Waals surface area contributed by atoms with Gasteiger partial charge in [0.25, 0.3) is 11.8 Å². The molecule has 2 aromatic heterocycles. The zero-order chi connectivity index (χ0) is 18.1. The highest BCUT2D eigenvalue weighted by molar-refractivity contribution is 5.97. The number of carbonyl (C=O) groups excluding carboxylic acids is 2. The molecule has 134 valence electrons. The lowest BCUT2D eigenvalue weighted by atomic mass is 10.1. The van der Waals surface area contributed by atoms with E-state index in [2.05, 4.69) is 9.97 Å². The Balaban J connectivity index is 1.48. The summed E-state index contributed by atoms with van der Waals surface area (Å²) in [5.41, 5.74) is 2.01. The number of hydrogen-bond acceptors (Lipinski definition) is 4. The minimum Gasteiger partial charge on any atom is -0.408 e. The number of fused-ring (bicyclic) bond motifs is 1. The van der Waals surface area contributed by atoms with Crippen molar-refractivity contribution in [2.75, 3.05) is 26.2 Å². The van der Waals surface area contributed by atoms with Gasteiger partial charge in [0, 0.05) is 44.1 Å². The van der Waals surface area contributed by atoms with Gasteiger partial charge >= 0.3 is 5.76 Å². The largest absolute Gasteiger partial charge is 0.417 e. The van der Waals surface area contributed by atoms with Gasteiger partial charge in [0.05, 0.1) is 11.1 Å². The van der Waals surface area contributed by atoms with Gasteiger partial charge in [0.1, 0.15) is 0 Å². The maximum Gasteiger partial charge on any atom is 0.417 e. The third kappa shape index (κ3) is 3.01. The minimum absolute atomic E-state index is 0.0314. The Labute approximate surface area is 148 Å². The maximum absolute atomic E-state index is 12.8. The topological polar surface area (TPSA) is 102 Å². The summed E-state index contributed by atoms with van der Waals surface area (Å²) >= 11 is 0. The Bertz CT molecular complexity index is 1000. The smallest absolute Gasteiger partial charge is 0.408 e. The van der Waals surface area contributed by atoms with Gasteiger partial charge in [0.15, 0.2) is 5.58 Å². The highest BCUT2D eigenvalue weighted by Gasteiger charge is 2.24. The van der Waals surface area contributed by atoms with Crippen LogP contribution in [0.25, 0.3) is 11.1 Å². The van der Waals surface area contributed by atoms with Crippen molar-refractivity contribution < 1.29 is 14.0 Å². The summed E-state index contributed by atoms with van der Waals surface area (Å²) in [7, 11) is 0. The highest BCUT2D eigenvalue weighted by atomic mass is 16.4. The van der Waals surface area contributed by atoms with E-state index in [1.54, 1.807) is 46.5 Å². The van der Waals surface area contributed by atoms with Crippen LogP contribution in [0.5, 0.6) is 0 Å².